The molecule has 0 spiro atoms. The predicted octanol–water partition coefficient (Wildman–Crippen LogP) is 2.78. The van der Waals surface area contributed by atoms with Crippen LogP contribution in [0.4, 0.5) is 0 Å². The third-order valence-electron chi connectivity index (χ3n) is 2.23. The summed E-state index contributed by atoms with van der Waals surface area (Å²) >= 11 is 0. The number of allylic oxidation sites excluding steroid dienone is 1. The highest BCUT2D eigenvalue weighted by atomic mass is 14.2. The molecule has 0 nitrogen and oxygen atoms in total. The van der Waals surface area contributed by atoms with Crippen molar-refractivity contribution in [1.29, 1.82) is 0 Å². The van der Waals surface area contributed by atoms with Crippen LogP contribution in [0.1, 0.15) is 23.5 Å². The Morgan fingerprint density at radius 2 is 2.17 bits per heavy atom. The molecule has 0 heteroatoms. The van der Waals surface area contributed by atoms with Gasteiger partial charge in [0.1, 0.15) is 0 Å². The molecule has 0 N–H and O–H groups in total. The maximum atomic E-state index is 6.92. The second-order valence-electron chi connectivity index (χ2n) is 2.98. The van der Waals surface area contributed by atoms with Gasteiger partial charge in [-0.15, -0.1) is 0 Å². The van der Waals surface area contributed by atoms with Gasteiger partial charge in [0.25, 0.3) is 0 Å². The van der Waals surface area contributed by atoms with Crippen LogP contribution in [0.15, 0.2) is 30.3 Å². The molecule has 0 aromatic heterocycles. The summed E-state index contributed by atoms with van der Waals surface area (Å²) in [5, 5.41) is 0. The molecule has 1 aliphatic rings. The first-order valence-corrected chi connectivity index (χ1v) is 4.08. The van der Waals surface area contributed by atoms with Gasteiger partial charge in [-0.1, -0.05) is 42.3 Å². The first-order valence-electron chi connectivity index (χ1n) is 4.08. The summed E-state index contributed by atoms with van der Waals surface area (Å²) in [6, 6.07) is 8.32. The van der Waals surface area contributed by atoms with Crippen LogP contribution in [-0.4, -0.2) is 0 Å². The SMILES string of the molecule is [C]#CCC1C=Cc2ccccc21. The Balaban J connectivity index is 2.37. The molecule has 2 rings (SSSR count). The molecule has 0 amide bonds. The molecule has 0 aliphatic heterocycles. The Bertz CT molecular complexity index is 353. The largest absolute Gasteiger partial charge is 0.0881 e. The zero-order chi connectivity index (χ0) is 8.39. The molecule has 1 unspecified atom stereocenters. The quantitative estimate of drug-likeness (QED) is 0.544. The van der Waals surface area contributed by atoms with Crippen molar-refractivity contribution in [3.8, 4) is 5.92 Å². The molecule has 1 aromatic carbocycles. The van der Waals surface area contributed by atoms with E-state index in [-0.39, 0.29) is 0 Å². The molecule has 1 aromatic rings. The topological polar surface area (TPSA) is 0 Å². The Hall–Kier alpha value is -1.48. The fraction of sp³-hybridized carbons (Fsp3) is 0.167. The fourth-order valence-electron chi connectivity index (χ4n) is 1.61. The Kier molecular flexibility index (Phi) is 1.72. The average molecular weight is 153 g/mol. The van der Waals surface area contributed by atoms with Crippen molar-refractivity contribution >= 4 is 6.08 Å². The van der Waals surface area contributed by atoms with Gasteiger partial charge in [-0.05, 0) is 17.6 Å². The van der Waals surface area contributed by atoms with Gasteiger partial charge in [0.05, 0.1) is 0 Å². The van der Waals surface area contributed by atoms with Crippen LogP contribution in [0.25, 0.3) is 6.08 Å². The maximum Gasteiger partial charge on any atom is 0.0203 e. The van der Waals surface area contributed by atoms with Crippen molar-refractivity contribution in [2.75, 3.05) is 0 Å². The monoisotopic (exact) mass is 153 g/mol. The van der Waals surface area contributed by atoms with Gasteiger partial charge in [-0.25, -0.2) is 0 Å². The number of benzene rings is 1. The minimum Gasteiger partial charge on any atom is -0.0881 e. The number of rotatable bonds is 1. The molecule has 0 saturated heterocycles. The van der Waals surface area contributed by atoms with Crippen molar-refractivity contribution in [3.05, 3.63) is 47.9 Å². The Morgan fingerprint density at radius 3 is 3.00 bits per heavy atom. The third-order valence-corrected chi connectivity index (χ3v) is 2.23. The number of fused-ring (bicyclic) bond motifs is 1. The van der Waals surface area contributed by atoms with Crippen LogP contribution in [0.3, 0.4) is 0 Å². The van der Waals surface area contributed by atoms with Crippen molar-refractivity contribution in [2.45, 2.75) is 12.3 Å². The summed E-state index contributed by atoms with van der Waals surface area (Å²) < 4.78 is 0. The van der Waals surface area contributed by atoms with E-state index in [1.54, 1.807) is 0 Å². The zero-order valence-corrected chi connectivity index (χ0v) is 6.75. The molecule has 1 atom stereocenters. The van der Waals surface area contributed by atoms with E-state index in [2.05, 4.69) is 30.2 Å². The minimum atomic E-state index is 0.388. The van der Waals surface area contributed by atoms with Gasteiger partial charge >= 0.3 is 0 Å². The number of hydrogen-bond donors (Lipinski definition) is 0. The Morgan fingerprint density at radius 1 is 1.33 bits per heavy atom. The van der Waals surface area contributed by atoms with E-state index in [1.165, 1.54) is 11.1 Å². The second-order valence-corrected chi connectivity index (χ2v) is 2.98. The van der Waals surface area contributed by atoms with Gasteiger partial charge in [-0.2, -0.15) is 0 Å². The van der Waals surface area contributed by atoms with Crippen molar-refractivity contribution in [3.63, 3.8) is 0 Å². The van der Waals surface area contributed by atoms with Crippen LogP contribution in [0, 0.1) is 12.3 Å². The molecule has 0 saturated carbocycles. The first-order chi connectivity index (χ1) is 5.92. The molecule has 1 aliphatic carbocycles. The van der Waals surface area contributed by atoms with E-state index in [9.17, 15) is 0 Å². The molecular weight excluding hydrogens is 144 g/mol. The van der Waals surface area contributed by atoms with Gasteiger partial charge in [0.2, 0.25) is 0 Å². The lowest BCUT2D eigenvalue weighted by atomic mass is 9.98. The van der Waals surface area contributed by atoms with E-state index in [4.69, 9.17) is 6.42 Å². The predicted molar refractivity (Wildman–Crippen MR) is 50.0 cm³/mol. The highest BCUT2D eigenvalue weighted by molar-refractivity contribution is 5.62. The van der Waals surface area contributed by atoms with Crippen molar-refractivity contribution < 1.29 is 0 Å². The fourth-order valence-corrected chi connectivity index (χ4v) is 1.61. The molecule has 12 heavy (non-hydrogen) atoms. The highest BCUT2D eigenvalue weighted by Crippen LogP contribution is 2.31. The average Bonchev–Trinajstić information content (AvgIpc) is 2.50. The van der Waals surface area contributed by atoms with E-state index in [0.29, 0.717) is 12.3 Å². The van der Waals surface area contributed by atoms with Crippen LogP contribution in [0.5, 0.6) is 0 Å². The summed E-state index contributed by atoms with van der Waals surface area (Å²) in [4.78, 5) is 0. The van der Waals surface area contributed by atoms with Crippen LogP contribution < -0.4 is 0 Å². The molecule has 1 radical (unpaired) electrons. The van der Waals surface area contributed by atoms with Gasteiger partial charge in [-0.3, -0.25) is 0 Å². The van der Waals surface area contributed by atoms with Crippen LogP contribution >= 0.6 is 0 Å². The van der Waals surface area contributed by atoms with Gasteiger partial charge in [0.15, 0.2) is 0 Å². The lowest BCUT2D eigenvalue weighted by Gasteiger charge is -2.05. The molecule has 0 fully saturated rings. The van der Waals surface area contributed by atoms with Gasteiger partial charge in [0, 0.05) is 12.3 Å². The minimum absolute atomic E-state index is 0.388. The van der Waals surface area contributed by atoms with E-state index >= 15 is 0 Å². The van der Waals surface area contributed by atoms with Crippen LogP contribution in [-0.2, 0) is 0 Å². The normalized spacial score (nSPS) is 18.8. The van der Waals surface area contributed by atoms with Crippen LogP contribution in [0.2, 0.25) is 0 Å². The lowest BCUT2D eigenvalue weighted by Crippen LogP contribution is -1.90. The number of hydrogen-bond acceptors (Lipinski definition) is 0. The van der Waals surface area contributed by atoms with E-state index in [1.807, 2.05) is 12.1 Å². The van der Waals surface area contributed by atoms with E-state index < -0.39 is 0 Å². The summed E-state index contributed by atoms with van der Waals surface area (Å²) in [6.45, 7) is 0. The standard InChI is InChI=1S/C12H9/c1-2-5-10-8-9-11-6-3-4-7-12(10)11/h3-4,6-10H,5H2. The van der Waals surface area contributed by atoms with Crippen molar-refractivity contribution in [2.24, 2.45) is 0 Å². The van der Waals surface area contributed by atoms with Gasteiger partial charge < -0.3 is 0 Å². The first kappa shape index (κ1) is 7.18. The van der Waals surface area contributed by atoms with E-state index in [0.717, 1.165) is 0 Å². The summed E-state index contributed by atoms with van der Waals surface area (Å²) in [5.41, 5.74) is 2.62. The zero-order valence-electron chi connectivity index (χ0n) is 6.75. The molecule has 57 valence electrons. The molecule has 0 heterocycles. The Labute approximate surface area is 72.9 Å². The van der Waals surface area contributed by atoms with Crippen molar-refractivity contribution in [1.82, 2.24) is 0 Å². The summed E-state index contributed by atoms with van der Waals surface area (Å²) in [7, 11) is 0. The third kappa shape index (κ3) is 1.04. The highest BCUT2D eigenvalue weighted by Gasteiger charge is 2.14. The maximum absolute atomic E-state index is 6.92. The second kappa shape index (κ2) is 2.87. The smallest absolute Gasteiger partial charge is 0.0203 e. The lowest BCUT2D eigenvalue weighted by molar-refractivity contribution is 0.899. The summed E-state index contributed by atoms with van der Waals surface area (Å²) in [5.74, 6) is 2.84. The molecule has 0 bridgehead atoms. The molecular formula is C12H9. The summed E-state index contributed by atoms with van der Waals surface area (Å²) in [6.07, 6.45) is 11.9.